The van der Waals surface area contributed by atoms with Crippen molar-refractivity contribution in [2.24, 2.45) is 0 Å². The predicted octanol–water partition coefficient (Wildman–Crippen LogP) is 2.61. The van der Waals surface area contributed by atoms with E-state index in [0.717, 1.165) is 35.2 Å². The molecule has 3 nitrogen and oxygen atoms in total. The first-order valence-electron chi connectivity index (χ1n) is 5.87. The Hall–Kier alpha value is -0.580. The standard InChI is InChI=1S/C13H17BrN2O.ClH/c1-9-5-11(7-12(14)6-9)13(17)16-4-3-15-8-10(16)2;/h5-7,10,15H,3-4,8H2,1-2H3;1H. The molecule has 1 aromatic rings. The fourth-order valence-electron chi connectivity index (χ4n) is 2.17. The molecule has 5 heteroatoms. The van der Waals surface area contributed by atoms with E-state index >= 15 is 0 Å². The van der Waals surface area contributed by atoms with E-state index < -0.39 is 0 Å². The normalized spacial score (nSPS) is 19.3. The van der Waals surface area contributed by atoms with Crippen LogP contribution in [0.2, 0.25) is 0 Å². The molecule has 1 atom stereocenters. The Morgan fingerprint density at radius 2 is 2.17 bits per heavy atom. The molecular weight excluding hydrogens is 316 g/mol. The number of hydrogen-bond donors (Lipinski definition) is 1. The third-order valence-electron chi connectivity index (χ3n) is 3.05. The second-order valence-electron chi connectivity index (χ2n) is 4.57. The molecule has 100 valence electrons. The number of benzene rings is 1. The van der Waals surface area contributed by atoms with E-state index in [1.54, 1.807) is 0 Å². The molecule has 2 rings (SSSR count). The van der Waals surface area contributed by atoms with Crippen LogP contribution >= 0.6 is 28.3 Å². The lowest BCUT2D eigenvalue weighted by atomic mass is 10.1. The summed E-state index contributed by atoms with van der Waals surface area (Å²) in [6, 6.07) is 6.11. The van der Waals surface area contributed by atoms with E-state index in [9.17, 15) is 4.79 Å². The number of halogens is 2. The number of nitrogens with zero attached hydrogens (tertiary/aromatic N) is 1. The summed E-state index contributed by atoms with van der Waals surface area (Å²) in [7, 11) is 0. The highest BCUT2D eigenvalue weighted by molar-refractivity contribution is 9.10. The third kappa shape index (κ3) is 3.46. The monoisotopic (exact) mass is 332 g/mol. The number of carbonyl (C=O) groups is 1. The Kier molecular flexibility index (Phi) is 5.63. The number of hydrogen-bond acceptors (Lipinski definition) is 2. The highest BCUT2D eigenvalue weighted by Crippen LogP contribution is 2.18. The van der Waals surface area contributed by atoms with Crippen molar-refractivity contribution in [3.05, 3.63) is 33.8 Å². The minimum atomic E-state index is 0. The Morgan fingerprint density at radius 3 is 2.78 bits per heavy atom. The summed E-state index contributed by atoms with van der Waals surface area (Å²) in [5, 5.41) is 3.29. The van der Waals surface area contributed by atoms with Crippen molar-refractivity contribution in [3.63, 3.8) is 0 Å². The van der Waals surface area contributed by atoms with E-state index in [4.69, 9.17) is 0 Å². The van der Waals surface area contributed by atoms with Gasteiger partial charge in [0.1, 0.15) is 0 Å². The molecular formula is C13H18BrClN2O. The van der Waals surface area contributed by atoms with Crippen molar-refractivity contribution in [2.75, 3.05) is 19.6 Å². The molecule has 1 unspecified atom stereocenters. The second kappa shape index (κ2) is 6.55. The van der Waals surface area contributed by atoms with Gasteiger partial charge in [-0.2, -0.15) is 0 Å². The zero-order valence-corrected chi connectivity index (χ0v) is 13.0. The first kappa shape index (κ1) is 15.5. The van der Waals surface area contributed by atoms with Gasteiger partial charge in [0.2, 0.25) is 0 Å². The first-order chi connectivity index (χ1) is 8.08. The van der Waals surface area contributed by atoms with E-state index in [1.165, 1.54) is 0 Å². The molecule has 1 aliphatic rings. The van der Waals surface area contributed by atoms with Crippen molar-refractivity contribution < 1.29 is 4.79 Å². The average molecular weight is 334 g/mol. The molecule has 1 heterocycles. The van der Waals surface area contributed by atoms with Gasteiger partial charge in [-0.05, 0) is 37.6 Å². The Labute approximate surface area is 122 Å². The quantitative estimate of drug-likeness (QED) is 0.857. The summed E-state index contributed by atoms with van der Waals surface area (Å²) in [5.41, 5.74) is 1.87. The number of piperazine rings is 1. The van der Waals surface area contributed by atoms with Crippen LogP contribution in [0.25, 0.3) is 0 Å². The lowest BCUT2D eigenvalue weighted by Gasteiger charge is -2.34. The van der Waals surface area contributed by atoms with Gasteiger partial charge in [0.15, 0.2) is 0 Å². The summed E-state index contributed by atoms with van der Waals surface area (Å²) in [5.74, 6) is 0.128. The topological polar surface area (TPSA) is 32.3 Å². The van der Waals surface area contributed by atoms with Gasteiger partial charge in [-0.15, -0.1) is 12.4 Å². The van der Waals surface area contributed by atoms with E-state index in [1.807, 2.05) is 30.0 Å². The van der Waals surface area contributed by atoms with Crippen LogP contribution in [0.1, 0.15) is 22.8 Å². The van der Waals surface area contributed by atoms with E-state index in [-0.39, 0.29) is 24.4 Å². The van der Waals surface area contributed by atoms with Gasteiger partial charge in [0.25, 0.3) is 5.91 Å². The van der Waals surface area contributed by atoms with Gasteiger partial charge in [0.05, 0.1) is 0 Å². The van der Waals surface area contributed by atoms with Crippen LogP contribution in [0.3, 0.4) is 0 Å². The molecule has 1 aliphatic heterocycles. The lowest BCUT2D eigenvalue weighted by molar-refractivity contribution is 0.0655. The maximum Gasteiger partial charge on any atom is 0.254 e. The van der Waals surface area contributed by atoms with E-state index in [0.29, 0.717) is 0 Å². The summed E-state index contributed by atoms with van der Waals surface area (Å²) in [4.78, 5) is 14.3. The highest BCUT2D eigenvalue weighted by atomic mass is 79.9. The van der Waals surface area contributed by atoms with Crippen LogP contribution in [0.4, 0.5) is 0 Å². The predicted molar refractivity (Wildman–Crippen MR) is 79.5 cm³/mol. The van der Waals surface area contributed by atoms with Crippen LogP contribution in [-0.2, 0) is 0 Å². The zero-order chi connectivity index (χ0) is 12.4. The van der Waals surface area contributed by atoms with Crippen LogP contribution < -0.4 is 5.32 Å². The van der Waals surface area contributed by atoms with Crippen molar-refractivity contribution in [2.45, 2.75) is 19.9 Å². The Morgan fingerprint density at radius 1 is 1.44 bits per heavy atom. The third-order valence-corrected chi connectivity index (χ3v) is 3.51. The molecule has 0 aromatic heterocycles. The molecule has 1 fully saturated rings. The van der Waals surface area contributed by atoms with Crippen LogP contribution in [-0.4, -0.2) is 36.5 Å². The second-order valence-corrected chi connectivity index (χ2v) is 5.48. The minimum Gasteiger partial charge on any atom is -0.333 e. The average Bonchev–Trinajstić information content (AvgIpc) is 2.27. The van der Waals surface area contributed by atoms with Crippen molar-refractivity contribution in [1.82, 2.24) is 10.2 Å². The first-order valence-corrected chi connectivity index (χ1v) is 6.66. The van der Waals surface area contributed by atoms with Gasteiger partial charge in [0, 0.05) is 35.7 Å². The summed E-state index contributed by atoms with van der Waals surface area (Å²) >= 11 is 3.44. The van der Waals surface area contributed by atoms with Crippen LogP contribution in [0, 0.1) is 6.92 Å². The molecule has 18 heavy (non-hydrogen) atoms. The SMILES string of the molecule is Cc1cc(Br)cc(C(=O)N2CCNCC2C)c1.Cl. The van der Waals surface area contributed by atoms with Gasteiger partial charge in [-0.1, -0.05) is 15.9 Å². The number of rotatable bonds is 1. The Bertz CT molecular complexity index is 419. The number of aryl methyl sites for hydroxylation is 1. The number of nitrogens with one attached hydrogen (secondary N) is 1. The lowest BCUT2D eigenvalue weighted by Crippen LogP contribution is -2.52. The van der Waals surface area contributed by atoms with Crippen molar-refractivity contribution >= 4 is 34.2 Å². The highest BCUT2D eigenvalue weighted by Gasteiger charge is 2.24. The molecule has 0 aliphatic carbocycles. The maximum absolute atomic E-state index is 12.4. The molecule has 1 saturated heterocycles. The largest absolute Gasteiger partial charge is 0.333 e. The van der Waals surface area contributed by atoms with Gasteiger partial charge in [-0.3, -0.25) is 4.79 Å². The molecule has 1 amide bonds. The van der Waals surface area contributed by atoms with Crippen LogP contribution in [0.5, 0.6) is 0 Å². The van der Waals surface area contributed by atoms with Crippen molar-refractivity contribution in [3.8, 4) is 0 Å². The molecule has 0 bridgehead atoms. The molecule has 0 spiro atoms. The van der Waals surface area contributed by atoms with Crippen molar-refractivity contribution in [1.29, 1.82) is 0 Å². The van der Waals surface area contributed by atoms with Gasteiger partial charge >= 0.3 is 0 Å². The number of amides is 1. The minimum absolute atomic E-state index is 0. The summed E-state index contributed by atoms with van der Waals surface area (Å²) < 4.78 is 0.962. The maximum atomic E-state index is 12.4. The number of carbonyl (C=O) groups excluding carboxylic acids is 1. The Balaban J connectivity index is 0.00000162. The summed E-state index contributed by atoms with van der Waals surface area (Å²) in [6.45, 7) is 6.62. The van der Waals surface area contributed by atoms with Gasteiger partial charge < -0.3 is 10.2 Å². The summed E-state index contributed by atoms with van der Waals surface area (Å²) in [6.07, 6.45) is 0. The fraction of sp³-hybridized carbons (Fsp3) is 0.462. The smallest absolute Gasteiger partial charge is 0.254 e. The van der Waals surface area contributed by atoms with Gasteiger partial charge in [-0.25, -0.2) is 0 Å². The molecule has 0 saturated carbocycles. The fourth-order valence-corrected chi connectivity index (χ4v) is 2.78. The molecule has 0 radical (unpaired) electrons. The molecule has 1 N–H and O–H groups in total. The van der Waals surface area contributed by atoms with Crippen LogP contribution in [0.15, 0.2) is 22.7 Å². The van der Waals surface area contributed by atoms with E-state index in [2.05, 4.69) is 28.2 Å². The molecule has 1 aromatic carbocycles. The zero-order valence-electron chi connectivity index (χ0n) is 10.6.